The zero-order valence-electron chi connectivity index (χ0n) is 21.6. The zero-order chi connectivity index (χ0) is 25.5. The highest BCUT2D eigenvalue weighted by Crippen LogP contribution is 2.30. The molecule has 0 spiro atoms. The maximum atomic E-state index is 12.8. The number of carbonyl (C=O) groups excluding carboxylic acids is 2. The van der Waals surface area contributed by atoms with Gasteiger partial charge in [-0.25, -0.2) is 4.79 Å². The number of ether oxygens (including phenoxy) is 4. The summed E-state index contributed by atoms with van der Waals surface area (Å²) in [5.41, 5.74) is 2.25. The van der Waals surface area contributed by atoms with Crippen LogP contribution in [0.1, 0.15) is 65.2 Å². The van der Waals surface area contributed by atoms with E-state index in [9.17, 15) is 9.59 Å². The molecular weight excluding hydrogens is 456 g/mol. The SMILES string of the molecule is C=C1CC(=O)CC2CC(OC(=O)/C=C\CC3C=CCC(CC(C)C1)O3)C(C=CC1CC(C)=CCO1)O2. The van der Waals surface area contributed by atoms with Gasteiger partial charge in [0.2, 0.25) is 0 Å². The quantitative estimate of drug-likeness (QED) is 0.380. The summed E-state index contributed by atoms with van der Waals surface area (Å²) in [5, 5.41) is 0. The first-order valence-corrected chi connectivity index (χ1v) is 13.3. The van der Waals surface area contributed by atoms with Crippen molar-refractivity contribution in [2.24, 2.45) is 5.92 Å². The van der Waals surface area contributed by atoms with Gasteiger partial charge in [0.15, 0.2) is 0 Å². The average molecular weight is 497 g/mol. The van der Waals surface area contributed by atoms with E-state index in [1.807, 2.05) is 18.2 Å². The molecule has 7 atom stereocenters. The molecule has 1 fully saturated rings. The van der Waals surface area contributed by atoms with E-state index < -0.39 is 18.2 Å². The number of hydrogen-bond acceptors (Lipinski definition) is 6. The van der Waals surface area contributed by atoms with E-state index in [1.165, 1.54) is 11.6 Å². The van der Waals surface area contributed by atoms with E-state index in [0.29, 0.717) is 38.2 Å². The number of fused-ring (bicyclic) bond motifs is 4. The topological polar surface area (TPSA) is 71.1 Å². The van der Waals surface area contributed by atoms with Crippen molar-refractivity contribution in [2.45, 2.75) is 102 Å². The summed E-state index contributed by atoms with van der Waals surface area (Å²) >= 11 is 0. The summed E-state index contributed by atoms with van der Waals surface area (Å²) in [5.74, 6) is 0.0938. The molecule has 0 aromatic heterocycles. The second kappa shape index (κ2) is 12.8. The summed E-state index contributed by atoms with van der Waals surface area (Å²) < 4.78 is 24.0. The molecule has 0 radical (unpaired) electrons. The molecular formula is C30H40O6. The number of Topliss-reactive ketones (excluding diaryl/α,β-unsaturated/α-hetero) is 1. The van der Waals surface area contributed by atoms with Crippen LogP contribution in [0.5, 0.6) is 0 Å². The van der Waals surface area contributed by atoms with E-state index in [4.69, 9.17) is 18.9 Å². The number of esters is 1. The van der Waals surface area contributed by atoms with Crippen LogP contribution in [0.15, 0.2) is 60.3 Å². The number of carbonyl (C=O) groups is 2. The van der Waals surface area contributed by atoms with Crippen LogP contribution >= 0.6 is 0 Å². The summed E-state index contributed by atoms with van der Waals surface area (Å²) in [4.78, 5) is 25.5. The van der Waals surface area contributed by atoms with Crippen LogP contribution in [0.25, 0.3) is 0 Å². The van der Waals surface area contributed by atoms with Gasteiger partial charge in [0.05, 0.1) is 31.0 Å². The molecule has 0 N–H and O–H groups in total. The van der Waals surface area contributed by atoms with Crippen molar-refractivity contribution >= 4 is 11.8 Å². The van der Waals surface area contributed by atoms with Gasteiger partial charge in [0.25, 0.3) is 0 Å². The fourth-order valence-electron chi connectivity index (χ4n) is 5.51. The highest BCUT2D eigenvalue weighted by molar-refractivity contribution is 5.82. The summed E-state index contributed by atoms with van der Waals surface area (Å²) in [6.07, 6.45) is 17.6. The molecule has 6 nitrogen and oxygen atoms in total. The van der Waals surface area contributed by atoms with Crippen molar-refractivity contribution in [3.8, 4) is 0 Å². The standard InChI is InChI=1S/C30H40O6/c1-20-12-13-33-25(16-20)10-11-28-29-19-27(35-28)18-23(31)15-21(2)14-22(3)17-26-8-4-6-24(34-26)7-5-9-30(32)36-29/h4-6,9-12,22,24-29H,2,7-8,13-19H2,1,3H3/b9-5-,11-10?. The first-order chi connectivity index (χ1) is 17.3. The normalized spacial score (nSPS) is 37.8. The molecule has 4 bridgehead atoms. The number of ketones is 1. The van der Waals surface area contributed by atoms with Gasteiger partial charge >= 0.3 is 5.97 Å². The minimum absolute atomic E-state index is 0.0253. The second-order valence-electron chi connectivity index (χ2n) is 10.8. The molecule has 4 rings (SSSR count). The molecule has 6 heteroatoms. The highest BCUT2D eigenvalue weighted by atomic mass is 16.6. The Bertz CT molecular complexity index is 928. The minimum Gasteiger partial charge on any atom is -0.456 e. The van der Waals surface area contributed by atoms with Crippen LogP contribution in [0.4, 0.5) is 0 Å². The molecule has 196 valence electrons. The lowest BCUT2D eigenvalue weighted by Gasteiger charge is -2.28. The van der Waals surface area contributed by atoms with Crippen molar-refractivity contribution in [3.63, 3.8) is 0 Å². The zero-order valence-corrected chi connectivity index (χ0v) is 21.6. The first-order valence-electron chi connectivity index (χ1n) is 13.3. The third-order valence-corrected chi connectivity index (χ3v) is 7.20. The monoisotopic (exact) mass is 496 g/mol. The van der Waals surface area contributed by atoms with Crippen LogP contribution < -0.4 is 0 Å². The van der Waals surface area contributed by atoms with E-state index in [0.717, 1.165) is 31.3 Å². The van der Waals surface area contributed by atoms with Crippen LogP contribution in [0, 0.1) is 5.92 Å². The predicted molar refractivity (Wildman–Crippen MR) is 138 cm³/mol. The molecule has 0 aliphatic carbocycles. The molecule has 0 amide bonds. The Morgan fingerprint density at radius 2 is 1.86 bits per heavy atom. The van der Waals surface area contributed by atoms with Gasteiger partial charge in [0, 0.05) is 25.3 Å². The summed E-state index contributed by atoms with van der Waals surface area (Å²) in [6.45, 7) is 9.05. The fourth-order valence-corrected chi connectivity index (χ4v) is 5.51. The Balaban J connectivity index is 1.46. The van der Waals surface area contributed by atoms with E-state index in [2.05, 4.69) is 38.7 Å². The molecule has 4 aliphatic rings. The van der Waals surface area contributed by atoms with E-state index >= 15 is 0 Å². The maximum absolute atomic E-state index is 12.8. The van der Waals surface area contributed by atoms with Crippen molar-refractivity contribution in [1.82, 2.24) is 0 Å². The average Bonchev–Trinajstić information content (AvgIpc) is 3.17. The number of rotatable bonds is 2. The van der Waals surface area contributed by atoms with Gasteiger partial charge in [-0.3, -0.25) is 4.79 Å². The molecule has 4 aliphatic heterocycles. The van der Waals surface area contributed by atoms with Crippen LogP contribution in [-0.2, 0) is 28.5 Å². The van der Waals surface area contributed by atoms with Crippen molar-refractivity contribution in [3.05, 3.63) is 60.3 Å². The maximum Gasteiger partial charge on any atom is 0.330 e. The lowest BCUT2D eigenvalue weighted by Crippen LogP contribution is -2.26. The van der Waals surface area contributed by atoms with E-state index in [1.54, 1.807) is 0 Å². The third-order valence-electron chi connectivity index (χ3n) is 7.20. The Hall–Kier alpha value is -2.28. The molecule has 0 aromatic carbocycles. The van der Waals surface area contributed by atoms with Crippen LogP contribution in [0.2, 0.25) is 0 Å². The highest BCUT2D eigenvalue weighted by Gasteiger charge is 2.37. The van der Waals surface area contributed by atoms with Gasteiger partial charge in [0.1, 0.15) is 18.0 Å². The van der Waals surface area contributed by atoms with Gasteiger partial charge < -0.3 is 18.9 Å². The molecule has 0 saturated carbocycles. The largest absolute Gasteiger partial charge is 0.456 e. The van der Waals surface area contributed by atoms with Crippen LogP contribution in [0.3, 0.4) is 0 Å². The van der Waals surface area contributed by atoms with Gasteiger partial charge in [-0.05, 0) is 44.9 Å². The Kier molecular flexibility index (Phi) is 9.52. The Morgan fingerprint density at radius 1 is 1.00 bits per heavy atom. The second-order valence-corrected chi connectivity index (χ2v) is 10.8. The summed E-state index contributed by atoms with van der Waals surface area (Å²) in [6, 6.07) is 0. The molecule has 36 heavy (non-hydrogen) atoms. The smallest absolute Gasteiger partial charge is 0.330 e. The van der Waals surface area contributed by atoms with E-state index in [-0.39, 0.29) is 30.2 Å². The molecule has 4 heterocycles. The Labute approximate surface area is 215 Å². The van der Waals surface area contributed by atoms with Gasteiger partial charge in [-0.15, -0.1) is 0 Å². The fraction of sp³-hybridized carbons (Fsp3) is 0.600. The van der Waals surface area contributed by atoms with Gasteiger partial charge in [-0.1, -0.05) is 61.1 Å². The van der Waals surface area contributed by atoms with Crippen LogP contribution in [-0.4, -0.2) is 55.0 Å². The van der Waals surface area contributed by atoms with Crippen molar-refractivity contribution in [2.75, 3.05) is 6.61 Å². The molecule has 0 aromatic rings. The Morgan fingerprint density at radius 3 is 2.69 bits per heavy atom. The lowest BCUT2D eigenvalue weighted by atomic mass is 9.91. The predicted octanol–water partition coefficient (Wildman–Crippen LogP) is 5.34. The molecule has 7 unspecified atom stereocenters. The summed E-state index contributed by atoms with van der Waals surface area (Å²) in [7, 11) is 0. The van der Waals surface area contributed by atoms with Crippen molar-refractivity contribution < 1.29 is 28.5 Å². The minimum atomic E-state index is -0.450. The number of hydrogen-bond donors (Lipinski definition) is 0. The first kappa shape index (κ1) is 26.8. The van der Waals surface area contributed by atoms with Crippen molar-refractivity contribution in [1.29, 1.82) is 0 Å². The third kappa shape index (κ3) is 8.12. The molecule has 1 saturated heterocycles. The lowest BCUT2D eigenvalue weighted by molar-refractivity contribution is -0.144. The number of allylic oxidation sites excluding steroid dienone is 1. The van der Waals surface area contributed by atoms with Gasteiger partial charge in [-0.2, -0.15) is 0 Å².